The highest BCUT2D eigenvalue weighted by Crippen LogP contribution is 2.38. The van der Waals surface area contributed by atoms with Gasteiger partial charge in [0.05, 0.1) is 11.2 Å². The number of aryl methyl sites for hydroxylation is 4. The molecule has 1 amide bonds. The summed E-state index contributed by atoms with van der Waals surface area (Å²) in [5.41, 5.74) is 12.1. The maximum absolute atomic E-state index is 13.7. The van der Waals surface area contributed by atoms with Crippen LogP contribution in [-0.2, 0) is 16.6 Å². The van der Waals surface area contributed by atoms with Crippen molar-refractivity contribution in [2.75, 3.05) is 7.05 Å². The molecule has 1 aliphatic rings. The van der Waals surface area contributed by atoms with E-state index in [1.807, 2.05) is 6.92 Å². The van der Waals surface area contributed by atoms with Crippen LogP contribution in [0.1, 0.15) is 59.6 Å². The molecule has 0 aromatic heterocycles. The zero-order chi connectivity index (χ0) is 21.3. The van der Waals surface area contributed by atoms with Crippen molar-refractivity contribution in [2.24, 2.45) is 11.7 Å². The Morgan fingerprint density at radius 1 is 1.07 bits per heavy atom. The summed E-state index contributed by atoms with van der Waals surface area (Å²) >= 11 is 0. The highest BCUT2D eigenvalue weighted by atomic mass is 16.2. The molecule has 0 bridgehead atoms. The number of carbonyl (C=O) groups is 1. The molecule has 1 unspecified atom stereocenters. The number of nitrogens with two attached hydrogens (primary N) is 1. The van der Waals surface area contributed by atoms with Crippen LogP contribution in [0.3, 0.4) is 0 Å². The van der Waals surface area contributed by atoms with Crippen LogP contribution in [0.25, 0.3) is 0 Å². The molecular formula is C26H34N2O. The van der Waals surface area contributed by atoms with Gasteiger partial charge in [-0.3, -0.25) is 4.79 Å². The number of rotatable bonds is 7. The Morgan fingerprint density at radius 2 is 1.66 bits per heavy atom. The van der Waals surface area contributed by atoms with Crippen LogP contribution in [-0.4, -0.2) is 17.9 Å². The van der Waals surface area contributed by atoms with Gasteiger partial charge in [-0.15, -0.1) is 0 Å². The lowest BCUT2D eigenvalue weighted by Crippen LogP contribution is -2.45. The second-order valence-electron chi connectivity index (χ2n) is 8.90. The fourth-order valence-electron chi connectivity index (χ4n) is 3.95. The third-order valence-electron chi connectivity index (χ3n) is 6.69. The molecule has 2 N–H and O–H groups in total. The van der Waals surface area contributed by atoms with Crippen LogP contribution in [0, 0.1) is 26.7 Å². The Hall–Kier alpha value is -2.55. The van der Waals surface area contributed by atoms with Gasteiger partial charge in [-0.05, 0) is 79.8 Å². The number of hydrogen-bond acceptors (Lipinski definition) is 2. The zero-order valence-electron chi connectivity index (χ0n) is 18.5. The van der Waals surface area contributed by atoms with E-state index in [1.54, 1.807) is 7.05 Å². The van der Waals surface area contributed by atoms with E-state index in [-0.39, 0.29) is 11.7 Å². The van der Waals surface area contributed by atoms with Crippen molar-refractivity contribution in [1.29, 1.82) is 0 Å². The summed E-state index contributed by atoms with van der Waals surface area (Å²) in [7, 11) is 1.70. The van der Waals surface area contributed by atoms with Crippen LogP contribution in [0.15, 0.2) is 48.8 Å². The number of carbonyl (C=O) groups excluding carboxylic acids is 1. The molecule has 1 aliphatic carbocycles. The van der Waals surface area contributed by atoms with Crippen molar-refractivity contribution in [1.82, 2.24) is 4.90 Å². The standard InChI is InChI=1S/C26H34N2O/c1-17-7-13-23(15-19(17)3)26(5,25(29)28(6)20(4)27)24-14-8-18(2)22(16-24)12-11-21-9-10-21/h7-8,13-16,21H,4,9-12,27H2,1-3,5-6H3. The molecule has 3 heteroatoms. The van der Waals surface area contributed by atoms with Gasteiger partial charge < -0.3 is 10.6 Å². The average molecular weight is 391 g/mol. The first kappa shape index (κ1) is 21.2. The van der Waals surface area contributed by atoms with Gasteiger partial charge in [-0.2, -0.15) is 0 Å². The fourth-order valence-corrected chi connectivity index (χ4v) is 3.95. The van der Waals surface area contributed by atoms with Crippen molar-refractivity contribution in [3.63, 3.8) is 0 Å². The molecule has 2 aromatic carbocycles. The van der Waals surface area contributed by atoms with Gasteiger partial charge in [0.1, 0.15) is 0 Å². The number of nitrogens with zero attached hydrogens (tertiary/aromatic N) is 1. The normalized spacial score (nSPS) is 15.6. The Bertz CT molecular complexity index is 942. The molecule has 1 atom stereocenters. The number of likely N-dealkylation sites (N-methyl/N-ethyl adjacent to an activating group) is 1. The minimum absolute atomic E-state index is 0.0646. The van der Waals surface area contributed by atoms with Crippen molar-refractivity contribution in [3.8, 4) is 0 Å². The molecule has 29 heavy (non-hydrogen) atoms. The highest BCUT2D eigenvalue weighted by molar-refractivity contribution is 5.92. The second kappa shape index (κ2) is 8.06. The summed E-state index contributed by atoms with van der Waals surface area (Å²) < 4.78 is 0. The molecule has 3 nitrogen and oxygen atoms in total. The molecule has 0 saturated heterocycles. The summed E-state index contributed by atoms with van der Waals surface area (Å²) in [5.74, 6) is 1.08. The second-order valence-corrected chi connectivity index (χ2v) is 8.90. The van der Waals surface area contributed by atoms with E-state index in [2.05, 4.69) is 63.7 Å². The van der Waals surface area contributed by atoms with Crippen LogP contribution >= 0.6 is 0 Å². The zero-order valence-corrected chi connectivity index (χ0v) is 18.5. The maximum atomic E-state index is 13.7. The van der Waals surface area contributed by atoms with Gasteiger partial charge in [0.2, 0.25) is 5.91 Å². The first-order valence-electron chi connectivity index (χ1n) is 10.5. The van der Waals surface area contributed by atoms with Gasteiger partial charge >= 0.3 is 0 Å². The smallest absolute Gasteiger partial charge is 0.242 e. The summed E-state index contributed by atoms with van der Waals surface area (Å²) in [6.45, 7) is 12.1. The van der Waals surface area contributed by atoms with Crippen LogP contribution in [0.2, 0.25) is 0 Å². The van der Waals surface area contributed by atoms with Gasteiger partial charge in [0.15, 0.2) is 0 Å². The number of amides is 1. The molecule has 1 saturated carbocycles. The van der Waals surface area contributed by atoms with Crippen molar-refractivity contribution >= 4 is 5.91 Å². The van der Waals surface area contributed by atoms with Gasteiger partial charge in [-0.1, -0.05) is 55.8 Å². The quantitative estimate of drug-likeness (QED) is 0.711. The summed E-state index contributed by atoms with van der Waals surface area (Å²) in [5, 5.41) is 0. The van der Waals surface area contributed by atoms with Crippen LogP contribution < -0.4 is 5.73 Å². The third-order valence-corrected chi connectivity index (χ3v) is 6.69. The van der Waals surface area contributed by atoms with Crippen molar-refractivity contribution in [3.05, 3.63) is 82.2 Å². The molecule has 1 fully saturated rings. The van der Waals surface area contributed by atoms with E-state index in [1.165, 1.54) is 46.4 Å². The lowest BCUT2D eigenvalue weighted by Gasteiger charge is -2.34. The lowest BCUT2D eigenvalue weighted by molar-refractivity contribution is -0.132. The Balaban J connectivity index is 2.11. The molecular weight excluding hydrogens is 356 g/mol. The fraction of sp³-hybridized carbons (Fsp3) is 0.423. The predicted octanol–water partition coefficient (Wildman–Crippen LogP) is 5.15. The minimum atomic E-state index is -0.836. The Labute approximate surface area is 175 Å². The summed E-state index contributed by atoms with van der Waals surface area (Å²) in [6.07, 6.45) is 5.03. The average Bonchev–Trinajstić information content (AvgIpc) is 3.52. The Morgan fingerprint density at radius 3 is 2.21 bits per heavy atom. The number of benzene rings is 2. The lowest BCUT2D eigenvalue weighted by atomic mass is 9.73. The van der Waals surface area contributed by atoms with Crippen LogP contribution in [0.5, 0.6) is 0 Å². The van der Waals surface area contributed by atoms with Crippen LogP contribution in [0.4, 0.5) is 0 Å². The van der Waals surface area contributed by atoms with Crippen molar-refractivity contribution < 1.29 is 4.79 Å². The van der Waals surface area contributed by atoms with E-state index < -0.39 is 5.41 Å². The first-order valence-corrected chi connectivity index (χ1v) is 10.5. The van der Waals surface area contributed by atoms with Gasteiger partial charge in [-0.25, -0.2) is 0 Å². The van der Waals surface area contributed by atoms with Gasteiger partial charge in [0, 0.05) is 7.05 Å². The van der Waals surface area contributed by atoms with E-state index >= 15 is 0 Å². The van der Waals surface area contributed by atoms with Gasteiger partial charge in [0.25, 0.3) is 0 Å². The molecule has 2 aromatic rings. The molecule has 0 spiro atoms. The maximum Gasteiger partial charge on any atom is 0.242 e. The topological polar surface area (TPSA) is 46.3 Å². The largest absolute Gasteiger partial charge is 0.386 e. The van der Waals surface area contributed by atoms with E-state index in [4.69, 9.17) is 5.73 Å². The summed E-state index contributed by atoms with van der Waals surface area (Å²) in [6, 6.07) is 12.8. The third kappa shape index (κ3) is 4.24. The molecule has 0 aliphatic heterocycles. The molecule has 154 valence electrons. The monoisotopic (exact) mass is 390 g/mol. The SMILES string of the molecule is C=C(N)N(C)C(=O)C(C)(c1ccc(C)c(C)c1)c1ccc(C)c(CCC2CC2)c1. The minimum Gasteiger partial charge on any atom is -0.386 e. The highest BCUT2D eigenvalue weighted by Gasteiger charge is 2.40. The predicted molar refractivity (Wildman–Crippen MR) is 121 cm³/mol. The Kier molecular flexibility index (Phi) is 5.88. The number of hydrogen-bond donors (Lipinski definition) is 1. The van der Waals surface area contributed by atoms with E-state index in [0.717, 1.165) is 23.5 Å². The van der Waals surface area contributed by atoms with Crippen molar-refractivity contribution in [2.45, 2.75) is 58.8 Å². The first-order chi connectivity index (χ1) is 13.6. The molecule has 0 heterocycles. The molecule has 0 radical (unpaired) electrons. The van der Waals surface area contributed by atoms with E-state index in [0.29, 0.717) is 0 Å². The van der Waals surface area contributed by atoms with E-state index in [9.17, 15) is 4.79 Å². The summed E-state index contributed by atoms with van der Waals surface area (Å²) in [4.78, 5) is 15.1. The molecule has 3 rings (SSSR count).